The van der Waals surface area contributed by atoms with E-state index in [1.165, 1.54) is 22.6 Å². The molecule has 28 heavy (non-hydrogen) atoms. The van der Waals surface area contributed by atoms with E-state index in [0.29, 0.717) is 20.9 Å². The second-order valence-electron chi connectivity index (χ2n) is 6.74. The number of hydrogen-bond donors (Lipinski definition) is 1. The van der Waals surface area contributed by atoms with Crippen LogP contribution in [0.1, 0.15) is 16.9 Å². The summed E-state index contributed by atoms with van der Waals surface area (Å²) in [5.74, 6) is -1.13. The predicted molar refractivity (Wildman–Crippen MR) is 110 cm³/mol. The van der Waals surface area contributed by atoms with Crippen LogP contribution in [0.5, 0.6) is 0 Å². The van der Waals surface area contributed by atoms with E-state index in [9.17, 15) is 14.4 Å². The lowest BCUT2D eigenvalue weighted by Gasteiger charge is -2.17. The molecule has 1 aliphatic heterocycles. The van der Waals surface area contributed by atoms with Gasteiger partial charge in [0.05, 0.1) is 11.3 Å². The summed E-state index contributed by atoms with van der Waals surface area (Å²) >= 11 is 7.44. The molecule has 7 nitrogen and oxygen atoms in total. The van der Waals surface area contributed by atoms with Gasteiger partial charge in [0.25, 0.3) is 5.56 Å². The number of fused-ring (bicyclic) bond motifs is 1. The van der Waals surface area contributed by atoms with E-state index in [2.05, 4.69) is 10.4 Å². The first-order valence-electron chi connectivity index (χ1n) is 8.69. The van der Waals surface area contributed by atoms with Crippen molar-refractivity contribution in [2.24, 2.45) is 5.92 Å². The number of rotatable bonds is 3. The summed E-state index contributed by atoms with van der Waals surface area (Å²) in [6, 6.07) is 6.93. The van der Waals surface area contributed by atoms with Crippen molar-refractivity contribution in [2.45, 2.75) is 20.3 Å². The van der Waals surface area contributed by atoms with Gasteiger partial charge < -0.3 is 4.90 Å². The van der Waals surface area contributed by atoms with Crippen molar-refractivity contribution < 1.29 is 9.59 Å². The first-order chi connectivity index (χ1) is 13.3. The number of benzene rings is 1. The van der Waals surface area contributed by atoms with Crippen molar-refractivity contribution in [1.82, 2.24) is 9.66 Å². The van der Waals surface area contributed by atoms with E-state index in [-0.39, 0.29) is 24.4 Å². The van der Waals surface area contributed by atoms with Crippen molar-refractivity contribution >= 4 is 50.7 Å². The lowest BCUT2D eigenvalue weighted by Crippen LogP contribution is -2.37. The number of amides is 2. The molecule has 1 atom stereocenters. The normalized spacial score (nSPS) is 16.8. The lowest BCUT2D eigenvalue weighted by molar-refractivity contribution is -0.123. The van der Waals surface area contributed by atoms with Gasteiger partial charge in [0.2, 0.25) is 11.8 Å². The fourth-order valence-electron chi connectivity index (χ4n) is 3.30. The molecule has 9 heteroatoms. The first-order valence-corrected chi connectivity index (χ1v) is 9.88. The van der Waals surface area contributed by atoms with Crippen molar-refractivity contribution in [1.29, 1.82) is 0 Å². The molecule has 3 heterocycles. The first kappa shape index (κ1) is 18.6. The number of anilines is 1. The second-order valence-corrected chi connectivity index (χ2v) is 8.38. The maximum atomic E-state index is 12.7. The van der Waals surface area contributed by atoms with Crippen molar-refractivity contribution in [3.63, 3.8) is 0 Å². The van der Waals surface area contributed by atoms with Gasteiger partial charge in [-0.05, 0) is 37.6 Å². The zero-order valence-electron chi connectivity index (χ0n) is 15.2. The standard InChI is InChI=1S/C19H17ClN4O3S/c1-10-11(2)28-18-16(10)19(27)24(9-21-18)22-17(26)12-6-15(25)23(8-12)14-5-3-4-13(20)7-14/h3-5,7,9,12H,6,8H2,1-2H3,(H,22,26)/t12-/m0/s1. The molecule has 2 amide bonds. The fraction of sp³-hybridized carbons (Fsp3) is 0.263. The number of thiophene rings is 1. The number of carbonyl (C=O) groups is 2. The van der Waals surface area contributed by atoms with E-state index in [1.54, 1.807) is 24.3 Å². The van der Waals surface area contributed by atoms with Gasteiger partial charge in [-0.1, -0.05) is 17.7 Å². The maximum absolute atomic E-state index is 12.7. The molecular weight excluding hydrogens is 400 g/mol. The highest BCUT2D eigenvalue weighted by Crippen LogP contribution is 2.28. The Morgan fingerprint density at radius 2 is 2.11 bits per heavy atom. The topological polar surface area (TPSA) is 84.3 Å². The van der Waals surface area contributed by atoms with Gasteiger partial charge in [0, 0.05) is 28.6 Å². The molecule has 0 unspecified atom stereocenters. The van der Waals surface area contributed by atoms with Gasteiger partial charge in [-0.3, -0.25) is 19.8 Å². The molecule has 144 valence electrons. The molecule has 4 rings (SSSR count). The van der Waals surface area contributed by atoms with E-state index in [4.69, 9.17) is 11.6 Å². The molecule has 1 aromatic carbocycles. The van der Waals surface area contributed by atoms with Crippen LogP contribution in [-0.4, -0.2) is 28.0 Å². The summed E-state index contributed by atoms with van der Waals surface area (Å²) in [6.07, 6.45) is 1.38. The Morgan fingerprint density at radius 1 is 1.32 bits per heavy atom. The fourth-order valence-corrected chi connectivity index (χ4v) is 4.47. The van der Waals surface area contributed by atoms with Crippen molar-refractivity contribution in [3.8, 4) is 0 Å². The minimum Gasteiger partial charge on any atom is -0.312 e. The predicted octanol–water partition coefficient (Wildman–Crippen LogP) is 2.85. The van der Waals surface area contributed by atoms with Gasteiger partial charge in [-0.15, -0.1) is 11.3 Å². The molecule has 0 bridgehead atoms. The van der Waals surface area contributed by atoms with Crippen LogP contribution in [0.25, 0.3) is 10.2 Å². The van der Waals surface area contributed by atoms with Crippen molar-refractivity contribution in [2.75, 3.05) is 16.9 Å². The van der Waals surface area contributed by atoms with Crippen LogP contribution in [0, 0.1) is 19.8 Å². The highest BCUT2D eigenvalue weighted by molar-refractivity contribution is 7.18. The van der Waals surface area contributed by atoms with Crippen LogP contribution >= 0.6 is 22.9 Å². The number of aromatic nitrogens is 2. The van der Waals surface area contributed by atoms with Crippen LogP contribution in [-0.2, 0) is 9.59 Å². The summed E-state index contributed by atoms with van der Waals surface area (Å²) in [7, 11) is 0. The Bertz CT molecular complexity index is 1170. The Morgan fingerprint density at radius 3 is 2.86 bits per heavy atom. The van der Waals surface area contributed by atoms with Crippen LogP contribution in [0.4, 0.5) is 5.69 Å². The summed E-state index contributed by atoms with van der Waals surface area (Å²) in [6.45, 7) is 4.02. The quantitative estimate of drug-likeness (QED) is 0.711. The largest absolute Gasteiger partial charge is 0.312 e. The highest BCUT2D eigenvalue weighted by Gasteiger charge is 2.35. The Hall–Kier alpha value is -2.71. The number of nitrogens with zero attached hydrogens (tertiary/aromatic N) is 3. The Labute approximate surface area is 169 Å². The maximum Gasteiger partial charge on any atom is 0.281 e. The second kappa shape index (κ2) is 7.03. The molecule has 1 aliphatic rings. The smallest absolute Gasteiger partial charge is 0.281 e. The molecule has 2 aromatic heterocycles. The third-order valence-electron chi connectivity index (χ3n) is 4.94. The molecular formula is C19H17ClN4O3S. The molecule has 0 saturated carbocycles. The molecule has 1 fully saturated rings. The molecule has 3 aromatic rings. The monoisotopic (exact) mass is 416 g/mol. The minimum absolute atomic E-state index is 0.0688. The van der Waals surface area contributed by atoms with E-state index < -0.39 is 11.8 Å². The van der Waals surface area contributed by atoms with Crippen LogP contribution in [0.15, 0.2) is 35.4 Å². The number of nitrogens with one attached hydrogen (secondary N) is 1. The Kier molecular flexibility index (Phi) is 4.68. The van der Waals surface area contributed by atoms with Crippen LogP contribution < -0.4 is 15.9 Å². The third-order valence-corrected chi connectivity index (χ3v) is 6.29. The van der Waals surface area contributed by atoms with Crippen LogP contribution in [0.2, 0.25) is 5.02 Å². The minimum atomic E-state index is -0.570. The summed E-state index contributed by atoms with van der Waals surface area (Å²) in [5.41, 5.74) is 3.78. The van der Waals surface area contributed by atoms with Gasteiger partial charge in [-0.25, -0.2) is 9.66 Å². The number of halogens is 1. The van der Waals surface area contributed by atoms with Gasteiger partial charge in [0.15, 0.2) is 0 Å². The molecule has 0 aliphatic carbocycles. The van der Waals surface area contributed by atoms with E-state index >= 15 is 0 Å². The average Bonchev–Trinajstić information content (AvgIpc) is 3.18. The SMILES string of the molecule is Cc1sc2ncn(NC(=O)[C@H]3CC(=O)N(c4cccc(Cl)c4)C3)c(=O)c2c1C. The van der Waals surface area contributed by atoms with E-state index in [0.717, 1.165) is 15.1 Å². The van der Waals surface area contributed by atoms with Crippen molar-refractivity contribution in [3.05, 3.63) is 56.4 Å². The number of carbonyl (C=O) groups excluding carboxylic acids is 2. The molecule has 0 radical (unpaired) electrons. The van der Waals surface area contributed by atoms with Gasteiger partial charge in [-0.2, -0.15) is 0 Å². The molecule has 1 saturated heterocycles. The summed E-state index contributed by atoms with van der Waals surface area (Å²) < 4.78 is 1.09. The molecule has 0 spiro atoms. The Balaban J connectivity index is 1.55. The molecule has 1 N–H and O–H groups in total. The average molecular weight is 417 g/mol. The van der Waals surface area contributed by atoms with Crippen LogP contribution in [0.3, 0.4) is 0 Å². The number of aryl methyl sites for hydroxylation is 2. The number of hydrogen-bond acceptors (Lipinski definition) is 5. The zero-order valence-corrected chi connectivity index (χ0v) is 16.8. The van der Waals surface area contributed by atoms with E-state index in [1.807, 2.05) is 13.8 Å². The van der Waals surface area contributed by atoms with Gasteiger partial charge >= 0.3 is 0 Å². The summed E-state index contributed by atoms with van der Waals surface area (Å²) in [4.78, 5) is 45.2. The lowest BCUT2D eigenvalue weighted by atomic mass is 10.1. The third kappa shape index (κ3) is 3.18. The van der Waals surface area contributed by atoms with Gasteiger partial charge in [0.1, 0.15) is 11.2 Å². The summed E-state index contributed by atoms with van der Waals surface area (Å²) in [5, 5.41) is 1.03. The zero-order chi connectivity index (χ0) is 20.0. The highest BCUT2D eigenvalue weighted by atomic mass is 35.5.